The normalized spacial score (nSPS) is 10.4. The third kappa shape index (κ3) is 2.97. The van der Waals surface area contributed by atoms with E-state index in [9.17, 15) is 4.39 Å². The largest absolute Gasteiger partial charge is 0.339 e. The highest BCUT2D eigenvalue weighted by molar-refractivity contribution is 6.35. The van der Waals surface area contributed by atoms with Gasteiger partial charge in [-0.1, -0.05) is 34.8 Å². The summed E-state index contributed by atoms with van der Waals surface area (Å²) >= 11 is 17.0. The lowest BCUT2D eigenvalue weighted by atomic mass is 10.3. The summed E-state index contributed by atoms with van der Waals surface area (Å²) in [6.07, 6.45) is 2.87. The van der Waals surface area contributed by atoms with Crippen LogP contribution < -0.4 is 5.32 Å². The van der Waals surface area contributed by atoms with Gasteiger partial charge in [0.15, 0.2) is 11.6 Å². The number of nitrogens with one attached hydrogen (secondary N) is 1. The standard InChI is InChI=1S/C10H5Cl3FN3/c11-6-1-5(2-7(12)10(6)14)16-9-4-15-3-8(13)17-9/h1-4H,(H,16,17). The molecule has 2 aromatic rings. The highest BCUT2D eigenvalue weighted by Crippen LogP contribution is 2.28. The fourth-order valence-electron chi connectivity index (χ4n) is 1.18. The first-order chi connectivity index (χ1) is 8.06. The van der Waals surface area contributed by atoms with Gasteiger partial charge in [0.2, 0.25) is 0 Å². The number of anilines is 2. The van der Waals surface area contributed by atoms with Crippen LogP contribution in [0.3, 0.4) is 0 Å². The summed E-state index contributed by atoms with van der Waals surface area (Å²) in [5.74, 6) is -0.243. The van der Waals surface area contributed by atoms with Gasteiger partial charge in [0.25, 0.3) is 0 Å². The Morgan fingerprint density at radius 2 is 1.71 bits per heavy atom. The number of halogens is 4. The third-order valence-corrected chi connectivity index (χ3v) is 2.59. The number of hydrogen-bond acceptors (Lipinski definition) is 3. The second-order valence-corrected chi connectivity index (χ2v) is 4.31. The molecular weight excluding hydrogens is 287 g/mol. The molecule has 0 saturated carbocycles. The molecule has 88 valence electrons. The summed E-state index contributed by atoms with van der Waals surface area (Å²) in [6, 6.07) is 2.79. The lowest BCUT2D eigenvalue weighted by Gasteiger charge is -2.07. The third-order valence-electron chi connectivity index (χ3n) is 1.86. The maximum atomic E-state index is 13.2. The SMILES string of the molecule is Fc1c(Cl)cc(Nc2cncc(Cl)n2)cc1Cl. The molecule has 0 spiro atoms. The zero-order chi connectivity index (χ0) is 12.4. The smallest absolute Gasteiger partial charge is 0.160 e. The van der Waals surface area contributed by atoms with Crippen molar-refractivity contribution in [3.63, 3.8) is 0 Å². The molecule has 0 atom stereocenters. The zero-order valence-electron chi connectivity index (χ0n) is 8.22. The Morgan fingerprint density at radius 1 is 1.06 bits per heavy atom. The number of hydrogen-bond donors (Lipinski definition) is 1. The summed E-state index contributed by atoms with van der Waals surface area (Å²) in [5, 5.41) is 2.96. The van der Waals surface area contributed by atoms with Crippen LogP contribution in [0.4, 0.5) is 15.9 Å². The Hall–Kier alpha value is -1.10. The molecule has 3 nitrogen and oxygen atoms in total. The highest BCUT2D eigenvalue weighted by atomic mass is 35.5. The molecule has 0 unspecified atom stereocenters. The van der Waals surface area contributed by atoms with Crippen LogP contribution in [0.25, 0.3) is 0 Å². The van der Waals surface area contributed by atoms with Gasteiger partial charge in [-0.15, -0.1) is 0 Å². The number of aromatic nitrogens is 2. The molecule has 0 fully saturated rings. The summed E-state index contributed by atoms with van der Waals surface area (Å²) in [4.78, 5) is 7.81. The molecule has 0 radical (unpaired) electrons. The monoisotopic (exact) mass is 291 g/mol. The topological polar surface area (TPSA) is 37.8 Å². The van der Waals surface area contributed by atoms with Gasteiger partial charge in [-0.25, -0.2) is 9.37 Å². The first-order valence-electron chi connectivity index (χ1n) is 4.45. The van der Waals surface area contributed by atoms with Crippen molar-refractivity contribution >= 4 is 46.3 Å². The quantitative estimate of drug-likeness (QED) is 0.838. The maximum absolute atomic E-state index is 13.2. The van der Waals surface area contributed by atoms with Crippen LogP contribution in [0.1, 0.15) is 0 Å². The van der Waals surface area contributed by atoms with Crippen LogP contribution in [-0.4, -0.2) is 9.97 Å². The average Bonchev–Trinajstić information content (AvgIpc) is 2.26. The molecule has 1 aromatic heterocycles. The lowest BCUT2D eigenvalue weighted by Crippen LogP contribution is -1.95. The number of nitrogens with zero attached hydrogens (tertiary/aromatic N) is 2. The van der Waals surface area contributed by atoms with Crippen LogP contribution in [-0.2, 0) is 0 Å². The molecule has 1 heterocycles. The summed E-state index contributed by atoms with van der Waals surface area (Å²) in [5.41, 5.74) is 0.498. The van der Waals surface area contributed by atoms with Gasteiger partial charge < -0.3 is 5.32 Å². The minimum absolute atomic E-state index is 0.0741. The van der Waals surface area contributed by atoms with E-state index in [0.29, 0.717) is 11.5 Å². The van der Waals surface area contributed by atoms with Gasteiger partial charge in [0, 0.05) is 5.69 Å². The predicted octanol–water partition coefficient (Wildman–Crippen LogP) is 4.32. The van der Waals surface area contributed by atoms with Crippen LogP contribution in [0, 0.1) is 5.82 Å². The second kappa shape index (κ2) is 5.04. The molecule has 1 N–H and O–H groups in total. The summed E-state index contributed by atoms with van der Waals surface area (Å²) in [6.45, 7) is 0. The molecule has 1 aromatic carbocycles. The molecular formula is C10H5Cl3FN3. The van der Waals surface area contributed by atoms with E-state index in [4.69, 9.17) is 34.8 Å². The van der Waals surface area contributed by atoms with Crippen molar-refractivity contribution in [1.82, 2.24) is 9.97 Å². The van der Waals surface area contributed by atoms with E-state index < -0.39 is 5.82 Å². The van der Waals surface area contributed by atoms with Crippen molar-refractivity contribution < 1.29 is 4.39 Å². The van der Waals surface area contributed by atoms with E-state index in [2.05, 4.69) is 15.3 Å². The maximum Gasteiger partial charge on any atom is 0.160 e. The fraction of sp³-hybridized carbons (Fsp3) is 0. The average molecular weight is 293 g/mol. The fourth-order valence-corrected chi connectivity index (χ4v) is 1.81. The van der Waals surface area contributed by atoms with E-state index in [1.165, 1.54) is 24.5 Å². The van der Waals surface area contributed by atoms with E-state index in [1.54, 1.807) is 0 Å². The number of rotatable bonds is 2. The molecule has 0 aliphatic rings. The Balaban J connectivity index is 2.31. The second-order valence-electron chi connectivity index (χ2n) is 3.11. The van der Waals surface area contributed by atoms with Gasteiger partial charge in [0.1, 0.15) is 5.15 Å². The molecule has 0 saturated heterocycles. The minimum Gasteiger partial charge on any atom is -0.339 e. The van der Waals surface area contributed by atoms with Crippen LogP contribution in [0.5, 0.6) is 0 Å². The van der Waals surface area contributed by atoms with Crippen LogP contribution in [0.15, 0.2) is 24.5 Å². The van der Waals surface area contributed by atoms with Crippen molar-refractivity contribution in [2.24, 2.45) is 0 Å². The van der Waals surface area contributed by atoms with E-state index >= 15 is 0 Å². The highest BCUT2D eigenvalue weighted by Gasteiger charge is 2.08. The van der Waals surface area contributed by atoms with Gasteiger partial charge >= 0.3 is 0 Å². The molecule has 0 aliphatic carbocycles. The first kappa shape index (κ1) is 12.4. The van der Waals surface area contributed by atoms with Crippen molar-refractivity contribution in [2.75, 3.05) is 5.32 Å². The van der Waals surface area contributed by atoms with Crippen molar-refractivity contribution in [3.8, 4) is 0 Å². The Morgan fingerprint density at radius 3 is 2.29 bits per heavy atom. The summed E-state index contributed by atoms with van der Waals surface area (Å²) in [7, 11) is 0. The van der Waals surface area contributed by atoms with Gasteiger partial charge in [0.05, 0.1) is 22.4 Å². The van der Waals surface area contributed by atoms with Crippen molar-refractivity contribution in [1.29, 1.82) is 0 Å². The molecule has 0 amide bonds. The molecule has 0 bridgehead atoms. The first-order valence-corrected chi connectivity index (χ1v) is 5.59. The Bertz CT molecular complexity index is 539. The van der Waals surface area contributed by atoms with E-state index in [1.807, 2.05) is 0 Å². The zero-order valence-corrected chi connectivity index (χ0v) is 10.5. The minimum atomic E-state index is -0.656. The number of benzene rings is 1. The van der Waals surface area contributed by atoms with Crippen LogP contribution in [0.2, 0.25) is 15.2 Å². The van der Waals surface area contributed by atoms with E-state index in [0.717, 1.165) is 0 Å². The lowest BCUT2D eigenvalue weighted by molar-refractivity contribution is 0.629. The van der Waals surface area contributed by atoms with Gasteiger partial charge in [-0.05, 0) is 12.1 Å². The predicted molar refractivity (Wildman–Crippen MR) is 66.7 cm³/mol. The molecule has 7 heteroatoms. The molecule has 17 heavy (non-hydrogen) atoms. The molecule has 2 rings (SSSR count). The Kier molecular flexibility index (Phi) is 3.66. The Labute approximate surface area is 112 Å². The van der Waals surface area contributed by atoms with Gasteiger partial charge in [-0.2, -0.15) is 0 Å². The van der Waals surface area contributed by atoms with Gasteiger partial charge in [-0.3, -0.25) is 4.98 Å². The van der Waals surface area contributed by atoms with Crippen molar-refractivity contribution in [3.05, 3.63) is 45.5 Å². The van der Waals surface area contributed by atoms with E-state index in [-0.39, 0.29) is 15.2 Å². The van der Waals surface area contributed by atoms with Crippen molar-refractivity contribution in [2.45, 2.75) is 0 Å². The molecule has 0 aliphatic heterocycles. The summed E-state index contributed by atoms with van der Waals surface area (Å²) < 4.78 is 13.2. The van der Waals surface area contributed by atoms with Crippen LogP contribution >= 0.6 is 34.8 Å².